The van der Waals surface area contributed by atoms with Gasteiger partial charge in [-0.3, -0.25) is 0 Å². The minimum atomic E-state index is -2.38. The summed E-state index contributed by atoms with van der Waals surface area (Å²) < 4.78 is 28.7. The number of nitrogens with one attached hydrogen (secondary N) is 1. The molecule has 1 aromatic rings. The topological polar surface area (TPSA) is 21.3 Å². The van der Waals surface area contributed by atoms with Crippen molar-refractivity contribution in [2.24, 2.45) is 0 Å². The van der Waals surface area contributed by atoms with E-state index in [0.29, 0.717) is 6.61 Å². The maximum atomic E-state index is 11.9. The summed E-state index contributed by atoms with van der Waals surface area (Å²) in [6.45, 7) is 1.95. The Bertz CT molecular complexity index is 344. The van der Waals surface area contributed by atoms with Gasteiger partial charge in [-0.25, -0.2) is 8.78 Å². The second kappa shape index (κ2) is 8.16. The molecule has 0 heterocycles. The van der Waals surface area contributed by atoms with E-state index in [1.165, 1.54) is 11.1 Å². The van der Waals surface area contributed by atoms with Crippen LogP contribution in [-0.4, -0.2) is 32.7 Å². The quantitative estimate of drug-likeness (QED) is 0.723. The lowest BCUT2D eigenvalue weighted by molar-refractivity contribution is 0.0146. The predicted molar refractivity (Wildman–Crippen MR) is 69.2 cm³/mol. The molecule has 1 rings (SSSR count). The fourth-order valence-electron chi connectivity index (χ4n) is 1.87. The van der Waals surface area contributed by atoms with Crippen molar-refractivity contribution < 1.29 is 13.5 Å². The smallest absolute Gasteiger partial charge is 0.261 e. The van der Waals surface area contributed by atoms with Gasteiger partial charge < -0.3 is 10.1 Å². The van der Waals surface area contributed by atoms with Gasteiger partial charge >= 0.3 is 0 Å². The fourth-order valence-corrected chi connectivity index (χ4v) is 1.87. The van der Waals surface area contributed by atoms with Gasteiger partial charge in [0.25, 0.3) is 6.43 Å². The van der Waals surface area contributed by atoms with Crippen LogP contribution in [0.25, 0.3) is 0 Å². The Labute approximate surface area is 107 Å². The molecule has 1 unspecified atom stereocenters. The van der Waals surface area contributed by atoms with Crippen molar-refractivity contribution in [1.29, 1.82) is 0 Å². The Hall–Kier alpha value is -1.00. The van der Waals surface area contributed by atoms with Gasteiger partial charge in [0.1, 0.15) is 6.61 Å². The van der Waals surface area contributed by atoms with Gasteiger partial charge in [0.15, 0.2) is 0 Å². The van der Waals surface area contributed by atoms with Crippen molar-refractivity contribution >= 4 is 0 Å². The lowest BCUT2D eigenvalue weighted by Gasteiger charge is -2.16. The van der Waals surface area contributed by atoms with Crippen LogP contribution in [0.2, 0.25) is 0 Å². The summed E-state index contributed by atoms with van der Waals surface area (Å²) in [4.78, 5) is 0. The Balaban J connectivity index is 2.33. The fraction of sp³-hybridized carbons (Fsp3) is 0.571. The van der Waals surface area contributed by atoms with Gasteiger partial charge in [0.2, 0.25) is 0 Å². The number of alkyl halides is 2. The van der Waals surface area contributed by atoms with Crippen molar-refractivity contribution in [2.45, 2.75) is 32.2 Å². The Kier molecular flexibility index (Phi) is 6.83. The van der Waals surface area contributed by atoms with E-state index in [4.69, 9.17) is 4.74 Å². The lowest BCUT2D eigenvalue weighted by Crippen LogP contribution is -2.29. The third-order valence-corrected chi connectivity index (χ3v) is 2.83. The van der Waals surface area contributed by atoms with Crippen molar-refractivity contribution in [2.75, 3.05) is 20.3 Å². The molecule has 1 N–H and O–H groups in total. The lowest BCUT2D eigenvalue weighted by atomic mass is 10.0. The van der Waals surface area contributed by atoms with E-state index in [2.05, 4.69) is 30.4 Å². The number of likely N-dealkylation sites (N-methyl/N-ethyl adjacent to an activating group) is 1. The first kappa shape index (κ1) is 15.1. The minimum absolute atomic E-state index is 0.254. The summed E-state index contributed by atoms with van der Waals surface area (Å²) in [6, 6.07) is 8.57. The van der Waals surface area contributed by atoms with Crippen molar-refractivity contribution in [1.82, 2.24) is 5.32 Å². The number of rotatable bonds is 8. The van der Waals surface area contributed by atoms with Gasteiger partial charge in [-0.2, -0.15) is 0 Å². The molecule has 0 amide bonds. The molecule has 0 aliphatic rings. The highest BCUT2D eigenvalue weighted by Crippen LogP contribution is 2.09. The van der Waals surface area contributed by atoms with E-state index in [1.54, 1.807) is 0 Å². The average molecular weight is 257 g/mol. The molecule has 0 spiro atoms. The number of aryl methyl sites for hydroxylation is 1. The molecule has 0 saturated heterocycles. The molecule has 18 heavy (non-hydrogen) atoms. The highest BCUT2D eigenvalue weighted by molar-refractivity contribution is 5.22. The number of hydrogen-bond donors (Lipinski definition) is 1. The van der Waals surface area contributed by atoms with E-state index in [-0.39, 0.29) is 6.04 Å². The maximum Gasteiger partial charge on any atom is 0.261 e. The van der Waals surface area contributed by atoms with E-state index >= 15 is 0 Å². The normalized spacial score (nSPS) is 12.9. The van der Waals surface area contributed by atoms with Gasteiger partial charge in [-0.15, -0.1) is 0 Å². The number of benzene rings is 1. The molecule has 0 aliphatic heterocycles. The standard InChI is InChI=1S/C14H21F2NO/c1-11-4-3-5-12(8-11)9-13(17-2)6-7-18-10-14(15)16/h3-5,8,13-14,17H,6-7,9-10H2,1-2H3. The first-order chi connectivity index (χ1) is 8.61. The molecule has 2 nitrogen and oxygen atoms in total. The van der Waals surface area contributed by atoms with Gasteiger partial charge in [0, 0.05) is 12.6 Å². The number of hydrogen-bond acceptors (Lipinski definition) is 2. The Morgan fingerprint density at radius 2 is 2.11 bits per heavy atom. The monoisotopic (exact) mass is 257 g/mol. The molecule has 0 saturated carbocycles. The van der Waals surface area contributed by atoms with Crippen LogP contribution in [0.1, 0.15) is 17.5 Å². The summed E-state index contributed by atoms with van der Waals surface area (Å²) in [5.41, 5.74) is 2.49. The highest BCUT2D eigenvalue weighted by atomic mass is 19.3. The minimum Gasteiger partial charge on any atom is -0.375 e. The van der Waals surface area contributed by atoms with Crippen LogP contribution in [-0.2, 0) is 11.2 Å². The zero-order valence-electron chi connectivity index (χ0n) is 11.0. The third-order valence-electron chi connectivity index (χ3n) is 2.83. The average Bonchev–Trinajstić information content (AvgIpc) is 2.33. The van der Waals surface area contributed by atoms with Crippen LogP contribution in [0.3, 0.4) is 0 Å². The molecule has 0 aliphatic carbocycles. The molecule has 0 bridgehead atoms. The Morgan fingerprint density at radius 1 is 1.33 bits per heavy atom. The molecule has 1 aromatic carbocycles. The molecule has 1 atom stereocenters. The van der Waals surface area contributed by atoms with E-state index in [1.807, 2.05) is 13.1 Å². The SMILES string of the molecule is CNC(CCOCC(F)F)Cc1cccc(C)c1. The number of halogens is 2. The van der Waals surface area contributed by atoms with E-state index < -0.39 is 13.0 Å². The summed E-state index contributed by atoms with van der Waals surface area (Å²) in [5.74, 6) is 0. The first-order valence-electron chi connectivity index (χ1n) is 6.20. The highest BCUT2D eigenvalue weighted by Gasteiger charge is 2.08. The molecule has 102 valence electrons. The van der Waals surface area contributed by atoms with Crippen LogP contribution < -0.4 is 5.32 Å². The van der Waals surface area contributed by atoms with Crippen LogP contribution in [0.5, 0.6) is 0 Å². The van der Waals surface area contributed by atoms with Crippen LogP contribution >= 0.6 is 0 Å². The van der Waals surface area contributed by atoms with Crippen LogP contribution in [0, 0.1) is 6.92 Å². The van der Waals surface area contributed by atoms with Gasteiger partial charge in [-0.1, -0.05) is 29.8 Å². The maximum absolute atomic E-state index is 11.9. The van der Waals surface area contributed by atoms with Crippen molar-refractivity contribution in [3.8, 4) is 0 Å². The first-order valence-corrected chi connectivity index (χ1v) is 6.20. The van der Waals surface area contributed by atoms with E-state index in [9.17, 15) is 8.78 Å². The van der Waals surface area contributed by atoms with E-state index in [0.717, 1.165) is 12.8 Å². The molecule has 0 aromatic heterocycles. The zero-order chi connectivity index (χ0) is 13.4. The molecular formula is C14H21F2NO. The van der Waals surface area contributed by atoms with Gasteiger partial charge in [-0.05, 0) is 32.4 Å². The zero-order valence-corrected chi connectivity index (χ0v) is 11.0. The summed E-state index contributed by atoms with van der Waals surface area (Å²) >= 11 is 0. The number of ether oxygens (including phenoxy) is 1. The summed E-state index contributed by atoms with van der Waals surface area (Å²) in [6.07, 6.45) is -0.761. The summed E-state index contributed by atoms with van der Waals surface area (Å²) in [5, 5.41) is 3.19. The van der Waals surface area contributed by atoms with Crippen LogP contribution in [0.15, 0.2) is 24.3 Å². The van der Waals surface area contributed by atoms with Crippen molar-refractivity contribution in [3.63, 3.8) is 0 Å². The second-order valence-electron chi connectivity index (χ2n) is 4.43. The molecular weight excluding hydrogens is 236 g/mol. The van der Waals surface area contributed by atoms with Crippen molar-refractivity contribution in [3.05, 3.63) is 35.4 Å². The summed E-state index contributed by atoms with van der Waals surface area (Å²) in [7, 11) is 1.88. The molecule has 0 fully saturated rings. The third kappa shape index (κ3) is 6.07. The predicted octanol–water partition coefficient (Wildman–Crippen LogP) is 2.80. The molecule has 0 radical (unpaired) electrons. The second-order valence-corrected chi connectivity index (χ2v) is 4.43. The molecule has 4 heteroatoms. The Morgan fingerprint density at radius 3 is 2.72 bits per heavy atom. The van der Waals surface area contributed by atoms with Gasteiger partial charge in [0.05, 0.1) is 0 Å². The van der Waals surface area contributed by atoms with Crippen LogP contribution in [0.4, 0.5) is 8.78 Å². The largest absolute Gasteiger partial charge is 0.375 e.